The Balaban J connectivity index is 1.72. The first-order valence-corrected chi connectivity index (χ1v) is 9.08. The summed E-state index contributed by atoms with van der Waals surface area (Å²) < 4.78 is 0. The Hall–Kier alpha value is -3.25. The Morgan fingerprint density at radius 3 is 2.19 bits per heavy atom. The molecule has 3 N–H and O–H groups in total. The summed E-state index contributed by atoms with van der Waals surface area (Å²) in [5.41, 5.74) is 1.59. The van der Waals surface area contributed by atoms with Gasteiger partial charge < -0.3 is 15.7 Å². The molecule has 0 spiro atoms. The largest absolute Gasteiger partial charge is 0.506 e. The Morgan fingerprint density at radius 1 is 0.815 bits per heavy atom. The minimum absolute atomic E-state index is 0.0956. The fourth-order valence-corrected chi connectivity index (χ4v) is 3.31. The van der Waals surface area contributed by atoms with Crippen LogP contribution in [0.15, 0.2) is 82.6 Å². The predicted octanol–water partition coefficient (Wildman–Crippen LogP) is 4.43. The molecule has 3 rings (SSSR count). The van der Waals surface area contributed by atoms with E-state index < -0.39 is 11.8 Å². The highest BCUT2D eigenvalue weighted by Gasteiger charge is 2.17. The van der Waals surface area contributed by atoms with E-state index in [-0.39, 0.29) is 11.4 Å². The van der Waals surface area contributed by atoms with Crippen LogP contribution in [0.4, 0.5) is 11.4 Å². The van der Waals surface area contributed by atoms with Crippen LogP contribution < -0.4 is 10.6 Å². The molecule has 3 aromatic rings. The highest BCUT2D eigenvalue weighted by atomic mass is 32.2. The summed E-state index contributed by atoms with van der Waals surface area (Å²) >= 11 is 1.49. The summed E-state index contributed by atoms with van der Waals surface area (Å²) in [6.45, 7) is 1.83. The monoisotopic (exact) mass is 378 g/mol. The van der Waals surface area contributed by atoms with E-state index in [4.69, 9.17) is 0 Å². The van der Waals surface area contributed by atoms with Gasteiger partial charge in [-0.1, -0.05) is 48.2 Å². The van der Waals surface area contributed by atoms with Gasteiger partial charge in [-0.25, -0.2) is 0 Å². The molecule has 0 unspecified atom stereocenters. The average molecular weight is 378 g/mol. The van der Waals surface area contributed by atoms with Gasteiger partial charge in [-0.3, -0.25) is 9.59 Å². The number of phenolic OH excluding ortho intramolecular Hbond substituents is 1. The topological polar surface area (TPSA) is 78.4 Å². The van der Waals surface area contributed by atoms with Crippen molar-refractivity contribution < 1.29 is 14.7 Å². The molecule has 0 heterocycles. The molecule has 5 nitrogen and oxygen atoms in total. The SMILES string of the molecule is Cc1ccc(O)c(NC(=O)C(=O)Nc2ccccc2Sc2ccccc2)c1. The van der Waals surface area contributed by atoms with Crippen LogP contribution in [-0.4, -0.2) is 16.9 Å². The maximum Gasteiger partial charge on any atom is 0.314 e. The fourth-order valence-electron chi connectivity index (χ4n) is 2.38. The van der Waals surface area contributed by atoms with Crippen LogP contribution >= 0.6 is 11.8 Å². The molecular weight excluding hydrogens is 360 g/mol. The zero-order chi connectivity index (χ0) is 19.2. The Kier molecular flexibility index (Phi) is 5.78. The maximum absolute atomic E-state index is 12.3. The molecule has 2 amide bonds. The van der Waals surface area contributed by atoms with E-state index in [1.807, 2.05) is 49.4 Å². The minimum Gasteiger partial charge on any atom is -0.506 e. The van der Waals surface area contributed by atoms with Crippen LogP contribution in [0.3, 0.4) is 0 Å². The highest BCUT2D eigenvalue weighted by molar-refractivity contribution is 7.99. The second kappa shape index (κ2) is 8.42. The third-order valence-electron chi connectivity index (χ3n) is 3.71. The first-order chi connectivity index (χ1) is 13.0. The quantitative estimate of drug-likeness (QED) is 0.464. The normalized spacial score (nSPS) is 10.3. The van der Waals surface area contributed by atoms with Crippen molar-refractivity contribution >= 4 is 35.0 Å². The van der Waals surface area contributed by atoms with Gasteiger partial charge in [0.25, 0.3) is 0 Å². The minimum atomic E-state index is -0.851. The Labute approximate surface area is 161 Å². The molecule has 0 aliphatic rings. The van der Waals surface area contributed by atoms with Crippen molar-refractivity contribution in [2.45, 2.75) is 16.7 Å². The zero-order valence-electron chi connectivity index (χ0n) is 14.6. The van der Waals surface area contributed by atoms with Gasteiger partial charge in [0.15, 0.2) is 0 Å². The number of carbonyl (C=O) groups is 2. The summed E-state index contributed by atoms with van der Waals surface area (Å²) in [7, 11) is 0. The van der Waals surface area contributed by atoms with E-state index in [2.05, 4.69) is 10.6 Å². The van der Waals surface area contributed by atoms with E-state index in [9.17, 15) is 14.7 Å². The molecule has 0 aliphatic heterocycles. The number of hydrogen-bond acceptors (Lipinski definition) is 4. The lowest BCUT2D eigenvalue weighted by molar-refractivity contribution is -0.133. The number of rotatable bonds is 4. The van der Waals surface area contributed by atoms with Crippen LogP contribution in [-0.2, 0) is 9.59 Å². The smallest absolute Gasteiger partial charge is 0.314 e. The second-order valence-corrected chi connectivity index (χ2v) is 6.96. The summed E-state index contributed by atoms with van der Waals surface area (Å²) in [6.07, 6.45) is 0. The number of hydrogen-bond donors (Lipinski definition) is 3. The van der Waals surface area contributed by atoms with Crippen molar-refractivity contribution in [2.75, 3.05) is 10.6 Å². The van der Waals surface area contributed by atoms with Crippen molar-refractivity contribution in [3.63, 3.8) is 0 Å². The van der Waals surface area contributed by atoms with Crippen molar-refractivity contribution in [1.29, 1.82) is 0 Å². The lowest BCUT2D eigenvalue weighted by Crippen LogP contribution is -2.29. The molecule has 0 aliphatic carbocycles. The molecule has 0 saturated heterocycles. The first kappa shape index (κ1) is 18.5. The first-order valence-electron chi connectivity index (χ1n) is 8.27. The second-order valence-electron chi connectivity index (χ2n) is 5.84. The van der Waals surface area contributed by atoms with Gasteiger partial charge in [0.2, 0.25) is 0 Å². The van der Waals surface area contributed by atoms with Crippen LogP contribution in [0, 0.1) is 6.92 Å². The number of benzene rings is 3. The van der Waals surface area contributed by atoms with Gasteiger partial charge in [0.1, 0.15) is 5.75 Å². The van der Waals surface area contributed by atoms with Crippen LogP contribution in [0.1, 0.15) is 5.56 Å². The lowest BCUT2D eigenvalue weighted by atomic mass is 10.2. The molecule has 136 valence electrons. The lowest BCUT2D eigenvalue weighted by Gasteiger charge is -2.11. The number of aromatic hydroxyl groups is 1. The number of amides is 2. The third kappa shape index (κ3) is 4.89. The van der Waals surface area contributed by atoms with Crippen molar-refractivity contribution in [3.05, 3.63) is 78.4 Å². The van der Waals surface area contributed by atoms with Gasteiger partial charge in [-0.05, 0) is 48.9 Å². The fraction of sp³-hybridized carbons (Fsp3) is 0.0476. The van der Waals surface area contributed by atoms with Gasteiger partial charge in [-0.2, -0.15) is 0 Å². The molecular formula is C21H18N2O3S. The van der Waals surface area contributed by atoms with E-state index in [1.54, 1.807) is 24.3 Å². The summed E-state index contributed by atoms with van der Waals surface area (Å²) in [5, 5.41) is 14.9. The molecule has 0 fully saturated rings. The van der Waals surface area contributed by atoms with Crippen molar-refractivity contribution in [3.8, 4) is 5.75 Å². The van der Waals surface area contributed by atoms with E-state index in [1.165, 1.54) is 17.8 Å². The number of aryl methyl sites for hydroxylation is 1. The summed E-state index contributed by atoms with van der Waals surface area (Å²) in [4.78, 5) is 26.4. The van der Waals surface area contributed by atoms with Crippen molar-refractivity contribution in [1.82, 2.24) is 0 Å². The highest BCUT2D eigenvalue weighted by Crippen LogP contribution is 2.33. The molecule has 27 heavy (non-hydrogen) atoms. The molecule has 0 atom stereocenters. The predicted molar refractivity (Wildman–Crippen MR) is 107 cm³/mol. The number of carbonyl (C=O) groups excluding carboxylic acids is 2. The number of anilines is 2. The zero-order valence-corrected chi connectivity index (χ0v) is 15.4. The standard InChI is InChI=1S/C21H18N2O3S/c1-14-11-12-18(24)17(13-14)23-21(26)20(25)22-16-9-5-6-10-19(16)27-15-7-3-2-4-8-15/h2-13,24H,1H3,(H,22,25)(H,23,26). The van der Waals surface area contributed by atoms with Gasteiger partial charge in [-0.15, -0.1) is 0 Å². The van der Waals surface area contributed by atoms with Gasteiger partial charge in [0.05, 0.1) is 11.4 Å². The number of nitrogens with one attached hydrogen (secondary N) is 2. The average Bonchev–Trinajstić information content (AvgIpc) is 2.67. The molecule has 0 radical (unpaired) electrons. The molecule has 3 aromatic carbocycles. The van der Waals surface area contributed by atoms with Crippen LogP contribution in [0.2, 0.25) is 0 Å². The third-order valence-corrected chi connectivity index (χ3v) is 4.80. The molecule has 0 saturated carbocycles. The number of phenols is 1. The summed E-state index contributed by atoms with van der Waals surface area (Å²) in [5.74, 6) is -1.76. The van der Waals surface area contributed by atoms with Crippen LogP contribution in [0.5, 0.6) is 5.75 Å². The van der Waals surface area contributed by atoms with Gasteiger partial charge >= 0.3 is 11.8 Å². The van der Waals surface area contributed by atoms with Crippen molar-refractivity contribution in [2.24, 2.45) is 0 Å². The van der Waals surface area contributed by atoms with E-state index >= 15 is 0 Å². The summed E-state index contributed by atoms with van der Waals surface area (Å²) in [6, 6.07) is 21.8. The van der Waals surface area contributed by atoms with E-state index in [0.717, 1.165) is 15.4 Å². The Bertz CT molecular complexity index is 974. The van der Waals surface area contributed by atoms with E-state index in [0.29, 0.717) is 5.69 Å². The van der Waals surface area contributed by atoms with Gasteiger partial charge in [0, 0.05) is 9.79 Å². The molecule has 0 aromatic heterocycles. The molecule has 0 bridgehead atoms. The Morgan fingerprint density at radius 2 is 1.44 bits per heavy atom. The molecule has 6 heteroatoms. The van der Waals surface area contributed by atoms with Crippen LogP contribution in [0.25, 0.3) is 0 Å². The maximum atomic E-state index is 12.3. The number of para-hydroxylation sites is 1.